The van der Waals surface area contributed by atoms with Gasteiger partial charge in [0.15, 0.2) is 0 Å². The van der Waals surface area contributed by atoms with E-state index in [0.717, 1.165) is 11.3 Å². The molecular weight excluding hydrogens is 468 g/mol. The third-order valence-corrected chi connectivity index (χ3v) is 6.49. The highest BCUT2D eigenvalue weighted by Gasteiger charge is 2.26. The Kier molecular flexibility index (Phi) is 7.82. The first-order valence-electron chi connectivity index (χ1n) is 9.27. The Hall–Kier alpha value is -3.68. The summed E-state index contributed by atoms with van der Waals surface area (Å²) in [6, 6.07) is 12.9. The van der Waals surface area contributed by atoms with Crippen LogP contribution in [0, 0.1) is 0 Å². The Balaban J connectivity index is 0.000000968. The summed E-state index contributed by atoms with van der Waals surface area (Å²) >= 11 is 1.31. The Morgan fingerprint density at radius 2 is 1.94 bits per heavy atom. The molecular formula is C19H18N8O4S2. The van der Waals surface area contributed by atoms with Crippen LogP contribution in [-0.2, 0) is 19.6 Å². The van der Waals surface area contributed by atoms with E-state index in [1.807, 2.05) is 42.6 Å². The highest BCUT2D eigenvalue weighted by atomic mass is 32.2. The molecule has 5 N–H and O–H groups in total. The van der Waals surface area contributed by atoms with Crippen molar-refractivity contribution in [3.8, 4) is 28.2 Å². The number of tetrazole rings is 1. The molecule has 12 nitrogen and oxygen atoms in total. The van der Waals surface area contributed by atoms with Crippen molar-refractivity contribution in [1.29, 1.82) is 0 Å². The predicted octanol–water partition coefficient (Wildman–Crippen LogP) is 0.834. The number of thioether (sulfide) groups is 1. The first-order valence-corrected chi connectivity index (χ1v) is 11.8. The van der Waals surface area contributed by atoms with Gasteiger partial charge in [0.1, 0.15) is 4.90 Å². The van der Waals surface area contributed by atoms with Crippen LogP contribution in [-0.4, -0.2) is 57.3 Å². The van der Waals surface area contributed by atoms with Gasteiger partial charge in [-0.2, -0.15) is 19.9 Å². The largest absolute Gasteiger partial charge is 0.373 e. The van der Waals surface area contributed by atoms with E-state index in [1.165, 1.54) is 11.8 Å². The number of sulfonamides is 1. The minimum Gasteiger partial charge on any atom is -0.330 e. The van der Waals surface area contributed by atoms with Crippen LogP contribution in [0.1, 0.15) is 0 Å². The lowest BCUT2D eigenvalue weighted by atomic mass is 9.98. The first kappa shape index (κ1) is 24.0. The second-order valence-electron chi connectivity index (χ2n) is 6.32. The van der Waals surface area contributed by atoms with E-state index in [-0.39, 0.29) is 22.4 Å². The third kappa shape index (κ3) is 5.58. The second-order valence-corrected chi connectivity index (χ2v) is 8.95. The molecule has 0 atom stereocenters. The summed E-state index contributed by atoms with van der Waals surface area (Å²) in [4.78, 5) is 16.7. The highest BCUT2D eigenvalue weighted by Crippen LogP contribution is 2.40. The lowest BCUT2D eigenvalue weighted by Gasteiger charge is -2.16. The van der Waals surface area contributed by atoms with Crippen LogP contribution >= 0.6 is 11.8 Å². The molecule has 0 bridgehead atoms. The summed E-state index contributed by atoms with van der Waals surface area (Å²) in [7, 11) is -4.11. The number of primary sulfonamides is 1. The third-order valence-electron chi connectivity index (χ3n) is 4.28. The van der Waals surface area contributed by atoms with Gasteiger partial charge in [0.05, 0.1) is 11.3 Å². The van der Waals surface area contributed by atoms with Gasteiger partial charge in [-0.15, -0.1) is 22.0 Å². The number of benzene rings is 2. The van der Waals surface area contributed by atoms with E-state index < -0.39 is 10.0 Å². The van der Waals surface area contributed by atoms with Gasteiger partial charge in [0.2, 0.25) is 15.8 Å². The summed E-state index contributed by atoms with van der Waals surface area (Å²) in [5.74, 6) is 0.663. The zero-order chi connectivity index (χ0) is 23.8. The fourth-order valence-electron chi connectivity index (χ4n) is 3.10. The number of aromatic nitrogens is 6. The number of nitrogens with one attached hydrogen (secondary N) is 1. The molecule has 0 saturated heterocycles. The summed E-state index contributed by atoms with van der Waals surface area (Å²) in [6.07, 6.45) is 3.75. The van der Waals surface area contributed by atoms with Crippen molar-refractivity contribution in [3.63, 3.8) is 0 Å². The molecule has 0 aliphatic heterocycles. The zero-order valence-corrected chi connectivity index (χ0v) is 18.6. The Bertz CT molecular complexity index is 1350. The molecule has 4 rings (SSSR count). The van der Waals surface area contributed by atoms with Crippen LogP contribution in [0.3, 0.4) is 0 Å². The maximum absolute atomic E-state index is 12.6. The fourth-order valence-corrected chi connectivity index (χ4v) is 5.19. The van der Waals surface area contributed by atoms with E-state index in [9.17, 15) is 8.42 Å². The predicted molar refractivity (Wildman–Crippen MR) is 118 cm³/mol. The molecule has 4 aromatic rings. The molecule has 14 heteroatoms. The number of H-pyrrole nitrogens is 1. The van der Waals surface area contributed by atoms with Gasteiger partial charge in [-0.1, -0.05) is 18.2 Å². The molecule has 2 aromatic heterocycles. The number of nitrogens with zero attached hydrogens (tertiary/aromatic N) is 5. The van der Waals surface area contributed by atoms with Crippen molar-refractivity contribution in [2.24, 2.45) is 10.9 Å². The van der Waals surface area contributed by atoms with Crippen LogP contribution in [0.5, 0.6) is 0 Å². The maximum Gasteiger partial charge on any atom is 0.373 e. The van der Waals surface area contributed by atoms with Gasteiger partial charge in [0.25, 0.3) is 0 Å². The van der Waals surface area contributed by atoms with Crippen LogP contribution in [0.2, 0.25) is 0 Å². The topological polar surface area (TPSA) is 193 Å². The summed E-state index contributed by atoms with van der Waals surface area (Å²) in [5.41, 5.74) is 8.06. The average Bonchev–Trinajstić information content (AvgIpc) is 3.51. The molecule has 0 amide bonds. The number of hydrogen-bond acceptors (Lipinski definition) is 10. The zero-order valence-electron chi connectivity index (χ0n) is 17.0. The van der Waals surface area contributed by atoms with Crippen LogP contribution in [0.15, 0.2) is 64.6 Å². The molecule has 0 aliphatic rings. The van der Waals surface area contributed by atoms with Crippen molar-refractivity contribution in [2.45, 2.75) is 9.79 Å². The molecule has 0 saturated carbocycles. The standard InChI is InChI=1S/C18H18N8O2S2.CO2/c19-7-10-29-15-6-5-14(12-3-1-4-13(11-12)26-9-2-8-21-26)16(17(15)30(20,27)28)18-22-24-25-23-18;2-1-3/h1-6,8-9,11H,7,10,19H2,(H2,20,27,28)(H,22,23,24,25);. The summed E-state index contributed by atoms with van der Waals surface area (Å²) in [5, 5.41) is 23.9. The van der Waals surface area contributed by atoms with E-state index in [0.29, 0.717) is 22.8 Å². The van der Waals surface area contributed by atoms with Crippen molar-refractivity contribution in [2.75, 3.05) is 12.3 Å². The van der Waals surface area contributed by atoms with Gasteiger partial charge in [-0.3, -0.25) is 0 Å². The van der Waals surface area contributed by atoms with Gasteiger partial charge < -0.3 is 5.73 Å². The number of carbonyl (C=O) groups excluding carboxylic acids is 2. The van der Waals surface area contributed by atoms with Gasteiger partial charge in [0, 0.05) is 29.6 Å². The molecule has 0 aliphatic carbocycles. The quantitative estimate of drug-likeness (QED) is 0.315. The Morgan fingerprint density at radius 3 is 2.55 bits per heavy atom. The number of rotatable bonds is 7. The van der Waals surface area contributed by atoms with Crippen molar-refractivity contribution in [3.05, 3.63) is 54.9 Å². The smallest absolute Gasteiger partial charge is 0.330 e. The molecule has 0 spiro atoms. The summed E-state index contributed by atoms with van der Waals surface area (Å²) in [6.45, 7) is 0.389. The molecule has 33 heavy (non-hydrogen) atoms. The second kappa shape index (κ2) is 10.8. The molecule has 2 heterocycles. The lowest BCUT2D eigenvalue weighted by Crippen LogP contribution is -2.16. The average molecular weight is 487 g/mol. The monoisotopic (exact) mass is 486 g/mol. The van der Waals surface area contributed by atoms with Crippen LogP contribution in [0.25, 0.3) is 28.2 Å². The van der Waals surface area contributed by atoms with Crippen molar-refractivity contribution < 1.29 is 18.0 Å². The first-order chi connectivity index (χ1) is 15.9. The molecule has 2 aromatic carbocycles. The minimum atomic E-state index is -4.11. The number of hydrogen-bond donors (Lipinski definition) is 3. The van der Waals surface area contributed by atoms with E-state index in [2.05, 4.69) is 25.7 Å². The Morgan fingerprint density at radius 1 is 1.15 bits per heavy atom. The minimum absolute atomic E-state index is 0.0515. The molecule has 0 radical (unpaired) electrons. The maximum atomic E-state index is 12.6. The van der Waals surface area contributed by atoms with Crippen molar-refractivity contribution >= 4 is 27.9 Å². The lowest BCUT2D eigenvalue weighted by molar-refractivity contribution is -0.191. The SMILES string of the molecule is NCCSc1ccc(-c2cccc(-n3cccn3)c2)c(-c2nn[nH]n2)c1S(N)(=O)=O.O=C=O. The Labute approximate surface area is 192 Å². The molecule has 170 valence electrons. The normalized spacial score (nSPS) is 10.8. The van der Waals surface area contributed by atoms with E-state index in [4.69, 9.17) is 20.5 Å². The van der Waals surface area contributed by atoms with Gasteiger partial charge in [-0.25, -0.2) is 18.2 Å². The fraction of sp³-hybridized carbons (Fsp3) is 0.105. The van der Waals surface area contributed by atoms with Crippen molar-refractivity contribution in [1.82, 2.24) is 30.4 Å². The summed E-state index contributed by atoms with van der Waals surface area (Å²) < 4.78 is 26.9. The van der Waals surface area contributed by atoms with E-state index in [1.54, 1.807) is 16.9 Å². The van der Waals surface area contributed by atoms with Gasteiger partial charge in [-0.05, 0) is 40.6 Å². The van der Waals surface area contributed by atoms with Crippen LogP contribution < -0.4 is 10.9 Å². The molecule has 0 unspecified atom stereocenters. The molecule has 0 fully saturated rings. The van der Waals surface area contributed by atoms with Gasteiger partial charge >= 0.3 is 6.15 Å². The number of nitrogens with two attached hydrogens (primary N) is 2. The van der Waals surface area contributed by atoms with Crippen LogP contribution in [0.4, 0.5) is 0 Å². The number of aromatic amines is 1. The highest BCUT2D eigenvalue weighted by molar-refractivity contribution is 8.00. The van der Waals surface area contributed by atoms with E-state index >= 15 is 0 Å².